The second-order valence-electron chi connectivity index (χ2n) is 5.51. The van der Waals surface area contributed by atoms with Crippen LogP contribution in [0, 0.1) is 0 Å². The SMILES string of the molecule is CNc1nc(SC)ncc1CN[C@H]1CCN2C(=O)OC[C@H]2C1. The molecule has 0 saturated carbocycles. The number of thioether (sulfide) groups is 1. The minimum Gasteiger partial charge on any atom is -0.447 e. The van der Waals surface area contributed by atoms with Gasteiger partial charge in [-0.1, -0.05) is 11.8 Å². The number of ether oxygens (including phenoxy) is 1. The minimum absolute atomic E-state index is 0.165. The number of carbonyl (C=O) groups excluding carboxylic acids is 1. The van der Waals surface area contributed by atoms with E-state index in [4.69, 9.17) is 4.74 Å². The monoisotopic (exact) mass is 323 g/mol. The highest BCUT2D eigenvalue weighted by molar-refractivity contribution is 7.98. The number of piperidine rings is 1. The topological polar surface area (TPSA) is 79.4 Å². The smallest absolute Gasteiger partial charge is 0.410 e. The van der Waals surface area contributed by atoms with Gasteiger partial charge in [-0.05, 0) is 19.1 Å². The maximum atomic E-state index is 11.5. The van der Waals surface area contributed by atoms with E-state index >= 15 is 0 Å². The number of fused-ring (bicyclic) bond motifs is 1. The zero-order valence-electron chi connectivity index (χ0n) is 12.8. The van der Waals surface area contributed by atoms with Gasteiger partial charge in [0.1, 0.15) is 12.4 Å². The van der Waals surface area contributed by atoms with Crippen molar-refractivity contribution in [3.8, 4) is 0 Å². The van der Waals surface area contributed by atoms with E-state index in [0.29, 0.717) is 12.6 Å². The molecule has 7 nitrogen and oxygen atoms in total. The minimum atomic E-state index is -0.165. The summed E-state index contributed by atoms with van der Waals surface area (Å²) in [7, 11) is 1.87. The Balaban J connectivity index is 1.58. The van der Waals surface area contributed by atoms with Gasteiger partial charge < -0.3 is 20.3 Å². The molecule has 2 saturated heterocycles. The number of amides is 1. The van der Waals surface area contributed by atoms with Crippen molar-refractivity contribution in [3.05, 3.63) is 11.8 Å². The molecular formula is C14H21N5O2S. The molecule has 8 heteroatoms. The fraction of sp³-hybridized carbons (Fsp3) is 0.643. The summed E-state index contributed by atoms with van der Waals surface area (Å²) in [5.41, 5.74) is 1.06. The predicted molar refractivity (Wildman–Crippen MR) is 85.1 cm³/mol. The molecule has 1 aromatic rings. The van der Waals surface area contributed by atoms with Crippen LogP contribution >= 0.6 is 11.8 Å². The Kier molecular flexibility index (Phi) is 4.68. The number of carbonyl (C=O) groups is 1. The van der Waals surface area contributed by atoms with E-state index in [-0.39, 0.29) is 12.1 Å². The lowest BCUT2D eigenvalue weighted by Crippen LogP contribution is -2.47. The number of nitrogens with zero attached hydrogens (tertiary/aromatic N) is 3. The highest BCUT2D eigenvalue weighted by Gasteiger charge is 2.37. The van der Waals surface area contributed by atoms with E-state index in [0.717, 1.165) is 42.5 Å². The first-order valence-corrected chi connectivity index (χ1v) is 8.68. The van der Waals surface area contributed by atoms with Crippen LogP contribution in [0.15, 0.2) is 11.4 Å². The van der Waals surface area contributed by atoms with Crippen LogP contribution in [0.25, 0.3) is 0 Å². The molecule has 3 rings (SSSR count). The van der Waals surface area contributed by atoms with E-state index in [1.165, 1.54) is 11.8 Å². The lowest BCUT2D eigenvalue weighted by molar-refractivity contribution is 0.150. The van der Waals surface area contributed by atoms with E-state index in [2.05, 4.69) is 20.6 Å². The summed E-state index contributed by atoms with van der Waals surface area (Å²) in [6, 6.07) is 0.610. The van der Waals surface area contributed by atoms with Gasteiger partial charge in [0.05, 0.1) is 6.04 Å². The van der Waals surface area contributed by atoms with Crippen molar-refractivity contribution in [2.75, 3.05) is 31.8 Å². The van der Waals surface area contributed by atoms with Crippen molar-refractivity contribution in [1.82, 2.24) is 20.2 Å². The summed E-state index contributed by atoms with van der Waals surface area (Å²) >= 11 is 1.53. The average Bonchev–Trinajstić information content (AvgIpc) is 2.93. The average molecular weight is 323 g/mol. The molecule has 2 aliphatic heterocycles. The van der Waals surface area contributed by atoms with E-state index in [9.17, 15) is 4.79 Å². The van der Waals surface area contributed by atoms with Gasteiger partial charge in [-0.3, -0.25) is 0 Å². The Morgan fingerprint density at radius 2 is 2.41 bits per heavy atom. The van der Waals surface area contributed by atoms with Gasteiger partial charge in [0.25, 0.3) is 0 Å². The second-order valence-corrected chi connectivity index (χ2v) is 6.28. The van der Waals surface area contributed by atoms with Crippen molar-refractivity contribution < 1.29 is 9.53 Å². The van der Waals surface area contributed by atoms with Gasteiger partial charge in [-0.15, -0.1) is 0 Å². The molecule has 0 aliphatic carbocycles. The van der Waals surface area contributed by atoms with Gasteiger partial charge in [0.15, 0.2) is 5.16 Å². The third-order valence-electron chi connectivity index (χ3n) is 4.19. The first-order valence-electron chi connectivity index (χ1n) is 7.45. The van der Waals surface area contributed by atoms with Crippen molar-refractivity contribution in [2.45, 2.75) is 36.6 Å². The summed E-state index contributed by atoms with van der Waals surface area (Å²) in [5.74, 6) is 0.865. The first kappa shape index (κ1) is 15.4. The van der Waals surface area contributed by atoms with Gasteiger partial charge in [-0.2, -0.15) is 0 Å². The van der Waals surface area contributed by atoms with Crippen LogP contribution in [0.1, 0.15) is 18.4 Å². The van der Waals surface area contributed by atoms with Gasteiger partial charge in [0.2, 0.25) is 0 Å². The fourth-order valence-corrected chi connectivity index (χ4v) is 3.31. The lowest BCUT2D eigenvalue weighted by Gasteiger charge is -2.33. The Morgan fingerprint density at radius 1 is 1.55 bits per heavy atom. The highest BCUT2D eigenvalue weighted by atomic mass is 32.2. The third kappa shape index (κ3) is 3.12. The molecule has 0 aromatic carbocycles. The van der Waals surface area contributed by atoms with Crippen LogP contribution in [0.2, 0.25) is 0 Å². The van der Waals surface area contributed by atoms with Crippen molar-refractivity contribution >= 4 is 23.7 Å². The molecule has 22 heavy (non-hydrogen) atoms. The predicted octanol–water partition coefficient (Wildman–Crippen LogP) is 1.31. The Bertz CT molecular complexity index is 556. The molecule has 0 unspecified atom stereocenters. The number of nitrogens with one attached hydrogen (secondary N) is 2. The summed E-state index contributed by atoms with van der Waals surface area (Å²) in [5, 5.41) is 7.45. The largest absolute Gasteiger partial charge is 0.447 e. The van der Waals surface area contributed by atoms with E-state index in [1.807, 2.05) is 24.4 Å². The van der Waals surface area contributed by atoms with Crippen LogP contribution in [0.4, 0.5) is 10.6 Å². The number of rotatable bonds is 5. The van der Waals surface area contributed by atoms with Gasteiger partial charge in [0, 0.05) is 37.9 Å². The molecule has 120 valence electrons. The van der Waals surface area contributed by atoms with Crippen LogP contribution < -0.4 is 10.6 Å². The summed E-state index contributed by atoms with van der Waals surface area (Å²) < 4.78 is 5.10. The van der Waals surface area contributed by atoms with Crippen LogP contribution in [0.3, 0.4) is 0 Å². The molecule has 1 amide bonds. The number of cyclic esters (lactones) is 1. The molecular weight excluding hydrogens is 302 g/mol. The quantitative estimate of drug-likeness (QED) is 0.625. The Morgan fingerprint density at radius 3 is 3.18 bits per heavy atom. The molecule has 0 spiro atoms. The standard InChI is InChI=1S/C14H21N5O2S/c1-15-12-9(7-17-13(18-12)22-2)6-16-10-3-4-19-11(5-10)8-21-14(19)20/h7,10-11,16H,3-6,8H2,1-2H3,(H,15,17,18)/t10-,11+/m0/s1. The molecule has 2 aliphatic rings. The van der Waals surface area contributed by atoms with Gasteiger partial charge in [-0.25, -0.2) is 14.8 Å². The maximum absolute atomic E-state index is 11.5. The van der Waals surface area contributed by atoms with Gasteiger partial charge >= 0.3 is 6.09 Å². The number of hydrogen-bond donors (Lipinski definition) is 2. The van der Waals surface area contributed by atoms with Crippen molar-refractivity contribution in [2.24, 2.45) is 0 Å². The number of hydrogen-bond acceptors (Lipinski definition) is 7. The lowest BCUT2D eigenvalue weighted by atomic mass is 9.98. The normalized spacial score (nSPS) is 24.1. The Hall–Kier alpha value is -1.54. The fourth-order valence-electron chi connectivity index (χ4n) is 2.97. The van der Waals surface area contributed by atoms with Crippen LogP contribution in [-0.2, 0) is 11.3 Å². The third-order valence-corrected chi connectivity index (χ3v) is 4.75. The Labute approximate surface area is 134 Å². The van der Waals surface area contributed by atoms with Crippen molar-refractivity contribution in [1.29, 1.82) is 0 Å². The van der Waals surface area contributed by atoms with Crippen LogP contribution in [0.5, 0.6) is 0 Å². The zero-order chi connectivity index (χ0) is 15.5. The maximum Gasteiger partial charge on any atom is 0.410 e. The summed E-state index contributed by atoms with van der Waals surface area (Å²) in [6.45, 7) is 2.00. The van der Waals surface area contributed by atoms with E-state index < -0.39 is 0 Å². The second kappa shape index (κ2) is 6.70. The first-order chi connectivity index (χ1) is 10.7. The highest BCUT2D eigenvalue weighted by Crippen LogP contribution is 2.24. The molecule has 0 bridgehead atoms. The number of aromatic nitrogens is 2. The zero-order valence-corrected chi connectivity index (χ0v) is 13.7. The molecule has 2 N–H and O–H groups in total. The number of anilines is 1. The molecule has 2 fully saturated rings. The molecule has 0 radical (unpaired) electrons. The molecule has 1 aromatic heterocycles. The molecule has 3 heterocycles. The van der Waals surface area contributed by atoms with Crippen LogP contribution in [-0.4, -0.2) is 59.5 Å². The van der Waals surface area contributed by atoms with E-state index in [1.54, 1.807) is 0 Å². The molecule has 2 atom stereocenters. The summed E-state index contributed by atoms with van der Waals surface area (Å²) in [6.07, 6.45) is 5.55. The van der Waals surface area contributed by atoms with Crippen molar-refractivity contribution in [3.63, 3.8) is 0 Å². The summed E-state index contributed by atoms with van der Waals surface area (Å²) in [4.78, 5) is 22.1.